The zero-order valence-corrected chi connectivity index (χ0v) is 13.1. The van der Waals surface area contributed by atoms with E-state index >= 15 is 0 Å². The van der Waals surface area contributed by atoms with Gasteiger partial charge in [-0.3, -0.25) is 0 Å². The lowest BCUT2D eigenvalue weighted by Gasteiger charge is -2.15. The Morgan fingerprint density at radius 2 is 2.05 bits per heavy atom. The molecule has 2 rings (SSSR count). The molecule has 1 N–H and O–H groups in total. The summed E-state index contributed by atoms with van der Waals surface area (Å²) in [4.78, 5) is 11.4. The highest BCUT2D eigenvalue weighted by Gasteiger charge is 2.28. The molecule has 1 fully saturated rings. The first-order valence-corrected chi connectivity index (χ1v) is 7.51. The van der Waals surface area contributed by atoms with E-state index in [1.165, 1.54) is 12.8 Å². The van der Waals surface area contributed by atoms with Crippen molar-refractivity contribution in [3.63, 3.8) is 0 Å². The quantitative estimate of drug-likeness (QED) is 0.791. The van der Waals surface area contributed by atoms with Gasteiger partial charge in [0.2, 0.25) is 5.88 Å². The van der Waals surface area contributed by atoms with Crippen LogP contribution in [0.4, 0.5) is 5.82 Å². The van der Waals surface area contributed by atoms with Crippen molar-refractivity contribution >= 4 is 5.82 Å². The molecule has 1 aliphatic rings. The largest absolute Gasteiger partial charge is 0.476 e. The van der Waals surface area contributed by atoms with E-state index in [4.69, 9.17) is 4.74 Å². The molecule has 1 aromatic heterocycles. The first-order valence-electron chi connectivity index (χ1n) is 7.51. The summed E-state index contributed by atoms with van der Waals surface area (Å²) < 4.78 is 5.85. The van der Waals surface area contributed by atoms with Gasteiger partial charge in [-0.15, -0.1) is 0 Å². The second kappa shape index (κ2) is 6.88. The summed E-state index contributed by atoms with van der Waals surface area (Å²) in [6.45, 7) is 6.65. The third-order valence-electron chi connectivity index (χ3n) is 3.38. The van der Waals surface area contributed by atoms with Crippen molar-refractivity contribution in [2.24, 2.45) is 0 Å². The van der Waals surface area contributed by atoms with E-state index in [-0.39, 0.29) is 0 Å². The molecule has 0 atom stereocenters. The van der Waals surface area contributed by atoms with Gasteiger partial charge in [-0.25, -0.2) is 4.98 Å². The van der Waals surface area contributed by atoms with Crippen LogP contribution in [0.25, 0.3) is 0 Å². The Kier molecular flexibility index (Phi) is 5.17. The zero-order valence-electron chi connectivity index (χ0n) is 13.1. The van der Waals surface area contributed by atoms with Crippen LogP contribution in [0, 0.1) is 6.92 Å². The molecule has 0 aliphatic heterocycles. The van der Waals surface area contributed by atoms with Crippen LogP contribution >= 0.6 is 0 Å². The van der Waals surface area contributed by atoms with Gasteiger partial charge in [0, 0.05) is 19.0 Å². The van der Waals surface area contributed by atoms with Gasteiger partial charge in [0.05, 0.1) is 5.56 Å². The summed E-state index contributed by atoms with van der Waals surface area (Å²) >= 11 is 0. The SMILES string of the molecule is CCCNc1nc(C2CC2)nc(OCCN(C)C)c1C. The molecule has 0 unspecified atom stereocenters. The van der Waals surface area contributed by atoms with Gasteiger partial charge < -0.3 is 15.0 Å². The summed E-state index contributed by atoms with van der Waals surface area (Å²) in [7, 11) is 4.08. The maximum Gasteiger partial charge on any atom is 0.221 e. The van der Waals surface area contributed by atoms with E-state index in [1.807, 2.05) is 21.0 Å². The summed E-state index contributed by atoms with van der Waals surface area (Å²) in [5.74, 6) is 3.15. The minimum absolute atomic E-state index is 0.536. The number of aromatic nitrogens is 2. The predicted molar refractivity (Wildman–Crippen MR) is 81.6 cm³/mol. The second-order valence-electron chi connectivity index (χ2n) is 5.71. The average Bonchev–Trinajstić information content (AvgIpc) is 3.23. The minimum atomic E-state index is 0.536. The Labute approximate surface area is 121 Å². The fraction of sp³-hybridized carbons (Fsp3) is 0.733. The number of nitrogens with zero attached hydrogens (tertiary/aromatic N) is 3. The van der Waals surface area contributed by atoms with Crippen LogP contribution in [0.3, 0.4) is 0 Å². The second-order valence-corrected chi connectivity index (χ2v) is 5.71. The van der Waals surface area contributed by atoms with Gasteiger partial charge in [-0.2, -0.15) is 4.98 Å². The number of anilines is 1. The number of likely N-dealkylation sites (N-methyl/N-ethyl adjacent to an activating group) is 1. The monoisotopic (exact) mass is 278 g/mol. The van der Waals surface area contributed by atoms with Crippen molar-refractivity contribution in [3.8, 4) is 5.88 Å². The van der Waals surface area contributed by atoms with Crippen LogP contribution in [0.2, 0.25) is 0 Å². The molecule has 20 heavy (non-hydrogen) atoms. The highest BCUT2D eigenvalue weighted by Crippen LogP contribution is 2.39. The highest BCUT2D eigenvalue weighted by molar-refractivity contribution is 5.49. The number of hydrogen-bond acceptors (Lipinski definition) is 5. The van der Waals surface area contributed by atoms with E-state index in [2.05, 4.69) is 27.1 Å². The third-order valence-corrected chi connectivity index (χ3v) is 3.38. The van der Waals surface area contributed by atoms with Crippen molar-refractivity contribution in [2.75, 3.05) is 39.1 Å². The fourth-order valence-electron chi connectivity index (χ4n) is 1.92. The summed E-state index contributed by atoms with van der Waals surface area (Å²) in [6.07, 6.45) is 3.49. The molecule has 0 aromatic carbocycles. The van der Waals surface area contributed by atoms with Crippen LogP contribution in [0.15, 0.2) is 0 Å². The molecule has 1 aliphatic carbocycles. The van der Waals surface area contributed by atoms with E-state index in [1.54, 1.807) is 0 Å². The van der Waals surface area contributed by atoms with Gasteiger partial charge in [-0.05, 0) is 40.3 Å². The lowest BCUT2D eigenvalue weighted by Crippen LogP contribution is -2.20. The Hall–Kier alpha value is -1.36. The van der Waals surface area contributed by atoms with Crippen molar-refractivity contribution < 1.29 is 4.74 Å². The van der Waals surface area contributed by atoms with E-state index in [0.29, 0.717) is 12.5 Å². The van der Waals surface area contributed by atoms with Gasteiger partial charge in [0.25, 0.3) is 0 Å². The smallest absolute Gasteiger partial charge is 0.221 e. The first kappa shape index (κ1) is 15.0. The normalized spacial score (nSPS) is 14.7. The Morgan fingerprint density at radius 3 is 2.65 bits per heavy atom. The molecule has 5 nitrogen and oxygen atoms in total. The average molecular weight is 278 g/mol. The molecule has 1 saturated carbocycles. The Balaban J connectivity index is 2.12. The molecule has 112 valence electrons. The van der Waals surface area contributed by atoms with Crippen molar-refractivity contribution in [1.29, 1.82) is 0 Å². The maximum absolute atomic E-state index is 5.85. The molecule has 0 bridgehead atoms. The summed E-state index contributed by atoms with van der Waals surface area (Å²) in [5.41, 5.74) is 1.02. The van der Waals surface area contributed by atoms with E-state index in [9.17, 15) is 0 Å². The molecule has 0 saturated heterocycles. The fourth-order valence-corrected chi connectivity index (χ4v) is 1.92. The molecule has 1 aromatic rings. The highest BCUT2D eigenvalue weighted by atomic mass is 16.5. The standard InChI is InChI=1S/C15H26N4O/c1-5-8-16-13-11(2)15(20-10-9-19(3)4)18-14(17-13)12-6-7-12/h12H,5-10H2,1-4H3,(H,16,17,18). The van der Waals surface area contributed by atoms with Crippen LogP contribution in [0.5, 0.6) is 5.88 Å². The van der Waals surface area contributed by atoms with Crippen molar-refractivity contribution in [1.82, 2.24) is 14.9 Å². The molecular formula is C15H26N4O. The van der Waals surface area contributed by atoms with Gasteiger partial charge >= 0.3 is 0 Å². The number of rotatable bonds is 8. The van der Waals surface area contributed by atoms with Crippen LogP contribution in [-0.2, 0) is 0 Å². The minimum Gasteiger partial charge on any atom is -0.476 e. The van der Waals surface area contributed by atoms with Gasteiger partial charge in [-0.1, -0.05) is 6.92 Å². The molecule has 0 radical (unpaired) electrons. The Bertz CT molecular complexity index is 444. The summed E-state index contributed by atoms with van der Waals surface area (Å²) in [6, 6.07) is 0. The molecular weight excluding hydrogens is 252 g/mol. The zero-order chi connectivity index (χ0) is 14.5. The predicted octanol–water partition coefficient (Wildman–Crippen LogP) is 2.42. The number of ether oxygens (including phenoxy) is 1. The van der Waals surface area contributed by atoms with Gasteiger partial charge in [0.1, 0.15) is 18.2 Å². The van der Waals surface area contributed by atoms with E-state index < -0.39 is 0 Å². The van der Waals surface area contributed by atoms with Crippen LogP contribution < -0.4 is 10.1 Å². The molecule has 0 amide bonds. The number of nitrogens with one attached hydrogen (secondary N) is 1. The molecule has 1 heterocycles. The van der Waals surface area contributed by atoms with Crippen molar-refractivity contribution in [3.05, 3.63) is 11.4 Å². The maximum atomic E-state index is 5.85. The molecule has 0 spiro atoms. The topological polar surface area (TPSA) is 50.3 Å². The lowest BCUT2D eigenvalue weighted by molar-refractivity contribution is 0.251. The Morgan fingerprint density at radius 1 is 1.30 bits per heavy atom. The summed E-state index contributed by atoms with van der Waals surface area (Å²) in [5, 5.41) is 3.38. The van der Waals surface area contributed by atoms with Crippen molar-refractivity contribution in [2.45, 2.75) is 39.0 Å². The van der Waals surface area contributed by atoms with Crippen LogP contribution in [-0.4, -0.2) is 48.7 Å². The third kappa shape index (κ3) is 4.07. The lowest BCUT2D eigenvalue weighted by atomic mass is 10.3. The van der Waals surface area contributed by atoms with E-state index in [0.717, 1.165) is 42.6 Å². The number of hydrogen-bond donors (Lipinski definition) is 1. The van der Waals surface area contributed by atoms with Crippen LogP contribution in [0.1, 0.15) is 43.5 Å². The first-order chi connectivity index (χ1) is 9.61. The van der Waals surface area contributed by atoms with Gasteiger partial charge in [0.15, 0.2) is 0 Å². The molecule has 5 heteroatoms.